The van der Waals surface area contributed by atoms with Crippen LogP contribution in [0.5, 0.6) is 0 Å². The molecule has 0 radical (unpaired) electrons. The molecule has 2 N–H and O–H groups in total. The number of likely N-dealkylation sites (N-methyl/N-ethyl adjacent to an activating group) is 1. The second kappa shape index (κ2) is 4.57. The third-order valence-corrected chi connectivity index (χ3v) is 4.06. The Labute approximate surface area is 86.0 Å². The molecular weight excluding hydrogens is 202 g/mol. The lowest BCUT2D eigenvalue weighted by Crippen LogP contribution is -2.43. The average molecular weight is 221 g/mol. The first-order chi connectivity index (χ1) is 6.45. The van der Waals surface area contributed by atoms with Crippen molar-refractivity contribution in [2.75, 3.05) is 20.1 Å². The summed E-state index contributed by atoms with van der Waals surface area (Å²) in [6.07, 6.45) is 0.884. The van der Waals surface area contributed by atoms with Crippen LogP contribution in [-0.2, 0) is 10.2 Å². The molecule has 1 atom stereocenters. The summed E-state index contributed by atoms with van der Waals surface area (Å²) in [6, 6.07) is 0.243. The summed E-state index contributed by atoms with van der Waals surface area (Å²) in [6.45, 7) is 4.82. The molecule has 1 aliphatic rings. The topological polar surface area (TPSA) is 61.4 Å². The van der Waals surface area contributed by atoms with Crippen molar-refractivity contribution in [3.63, 3.8) is 0 Å². The van der Waals surface area contributed by atoms with Crippen LogP contribution in [0.3, 0.4) is 0 Å². The minimum atomic E-state index is -3.26. The van der Waals surface area contributed by atoms with Gasteiger partial charge < -0.3 is 5.32 Å². The van der Waals surface area contributed by atoms with Crippen LogP contribution in [0.1, 0.15) is 20.3 Å². The third-order valence-electron chi connectivity index (χ3n) is 2.28. The van der Waals surface area contributed by atoms with Crippen molar-refractivity contribution in [3.8, 4) is 0 Å². The van der Waals surface area contributed by atoms with Gasteiger partial charge in [0.15, 0.2) is 0 Å². The highest BCUT2D eigenvalue weighted by Gasteiger charge is 2.30. The number of nitrogens with zero attached hydrogens (tertiary/aromatic N) is 1. The minimum Gasteiger partial charge on any atom is -0.316 e. The molecule has 1 rings (SSSR count). The summed E-state index contributed by atoms with van der Waals surface area (Å²) >= 11 is 0. The molecule has 84 valence electrons. The fraction of sp³-hybridized carbons (Fsp3) is 1.00. The van der Waals surface area contributed by atoms with Crippen molar-refractivity contribution >= 4 is 10.2 Å². The van der Waals surface area contributed by atoms with Gasteiger partial charge in [-0.05, 0) is 27.3 Å². The summed E-state index contributed by atoms with van der Waals surface area (Å²) < 4.78 is 27.5. The highest BCUT2D eigenvalue weighted by atomic mass is 32.2. The average Bonchev–Trinajstić information content (AvgIpc) is 2.49. The lowest BCUT2D eigenvalue weighted by atomic mass is 10.3. The van der Waals surface area contributed by atoms with Crippen LogP contribution in [0.25, 0.3) is 0 Å². The third kappa shape index (κ3) is 2.91. The lowest BCUT2D eigenvalue weighted by Gasteiger charge is -2.18. The molecular formula is C8H19N3O2S. The van der Waals surface area contributed by atoms with E-state index in [1.807, 2.05) is 20.9 Å². The Bertz CT molecular complexity index is 276. The molecule has 0 aromatic heterocycles. The SMILES string of the molecule is CNC1CCN(S(=O)(=O)NC(C)C)C1. The summed E-state index contributed by atoms with van der Waals surface area (Å²) in [5.74, 6) is 0. The molecule has 1 fully saturated rings. The van der Waals surface area contributed by atoms with E-state index in [1.54, 1.807) is 0 Å². The summed E-state index contributed by atoms with van der Waals surface area (Å²) in [4.78, 5) is 0. The van der Waals surface area contributed by atoms with E-state index in [1.165, 1.54) is 4.31 Å². The second-order valence-corrected chi connectivity index (χ2v) is 5.61. The molecule has 0 saturated carbocycles. The van der Waals surface area contributed by atoms with Gasteiger partial charge in [0.25, 0.3) is 10.2 Å². The van der Waals surface area contributed by atoms with Crippen molar-refractivity contribution in [3.05, 3.63) is 0 Å². The fourth-order valence-corrected chi connectivity index (χ4v) is 3.02. The van der Waals surface area contributed by atoms with E-state index >= 15 is 0 Å². The van der Waals surface area contributed by atoms with Gasteiger partial charge in [-0.3, -0.25) is 0 Å². The summed E-state index contributed by atoms with van der Waals surface area (Å²) in [5.41, 5.74) is 0. The fourth-order valence-electron chi connectivity index (χ4n) is 1.55. The maximum Gasteiger partial charge on any atom is 0.279 e. The Morgan fingerprint density at radius 3 is 2.50 bits per heavy atom. The van der Waals surface area contributed by atoms with Crippen LogP contribution in [0.15, 0.2) is 0 Å². The van der Waals surface area contributed by atoms with Gasteiger partial charge in [0, 0.05) is 25.2 Å². The van der Waals surface area contributed by atoms with Crippen molar-refractivity contribution in [1.29, 1.82) is 0 Å². The van der Waals surface area contributed by atoms with E-state index in [2.05, 4.69) is 10.0 Å². The largest absolute Gasteiger partial charge is 0.316 e. The van der Waals surface area contributed by atoms with E-state index < -0.39 is 10.2 Å². The summed E-state index contributed by atoms with van der Waals surface area (Å²) in [5, 5.41) is 3.09. The van der Waals surface area contributed by atoms with Gasteiger partial charge in [-0.2, -0.15) is 17.4 Å². The van der Waals surface area contributed by atoms with Gasteiger partial charge in [0.2, 0.25) is 0 Å². The smallest absolute Gasteiger partial charge is 0.279 e. The maximum atomic E-state index is 11.7. The number of hydrogen-bond donors (Lipinski definition) is 2. The molecule has 6 heteroatoms. The zero-order valence-electron chi connectivity index (χ0n) is 8.95. The Hall–Kier alpha value is -0.170. The van der Waals surface area contributed by atoms with Crippen molar-refractivity contribution in [2.24, 2.45) is 0 Å². The van der Waals surface area contributed by atoms with Crippen LogP contribution in [0.4, 0.5) is 0 Å². The molecule has 14 heavy (non-hydrogen) atoms. The van der Waals surface area contributed by atoms with Crippen LogP contribution in [-0.4, -0.2) is 44.9 Å². The van der Waals surface area contributed by atoms with Crippen molar-refractivity contribution < 1.29 is 8.42 Å². The standard InChI is InChI=1S/C8H19N3O2S/c1-7(2)10-14(12,13)11-5-4-8(6-11)9-3/h7-10H,4-6H2,1-3H3. The molecule has 0 spiro atoms. The van der Waals surface area contributed by atoms with E-state index in [-0.39, 0.29) is 6.04 Å². The molecule has 1 saturated heterocycles. The quantitative estimate of drug-likeness (QED) is 0.674. The first kappa shape index (κ1) is 11.9. The number of nitrogens with one attached hydrogen (secondary N) is 2. The molecule has 1 heterocycles. The normalized spacial score (nSPS) is 24.7. The van der Waals surface area contributed by atoms with Crippen molar-refractivity contribution in [2.45, 2.75) is 32.4 Å². The Balaban J connectivity index is 2.57. The van der Waals surface area contributed by atoms with E-state index in [4.69, 9.17) is 0 Å². The Morgan fingerprint density at radius 1 is 1.43 bits per heavy atom. The van der Waals surface area contributed by atoms with Crippen LogP contribution in [0, 0.1) is 0 Å². The number of rotatable bonds is 4. The van der Waals surface area contributed by atoms with E-state index in [0.717, 1.165) is 6.42 Å². The first-order valence-electron chi connectivity index (χ1n) is 4.90. The predicted molar refractivity (Wildman–Crippen MR) is 56.2 cm³/mol. The van der Waals surface area contributed by atoms with Crippen LogP contribution in [0.2, 0.25) is 0 Å². The van der Waals surface area contributed by atoms with Gasteiger partial charge >= 0.3 is 0 Å². The molecule has 0 bridgehead atoms. The van der Waals surface area contributed by atoms with E-state index in [0.29, 0.717) is 19.1 Å². The molecule has 0 aromatic rings. The molecule has 0 aliphatic carbocycles. The van der Waals surface area contributed by atoms with Crippen LogP contribution >= 0.6 is 0 Å². The predicted octanol–water partition coefficient (Wildman–Crippen LogP) is -0.477. The Morgan fingerprint density at radius 2 is 2.07 bits per heavy atom. The van der Waals surface area contributed by atoms with Gasteiger partial charge in [0.1, 0.15) is 0 Å². The molecule has 0 aromatic carbocycles. The van der Waals surface area contributed by atoms with E-state index in [9.17, 15) is 8.42 Å². The molecule has 5 nitrogen and oxygen atoms in total. The number of hydrogen-bond acceptors (Lipinski definition) is 3. The maximum absolute atomic E-state index is 11.7. The Kier molecular flexibility index (Phi) is 3.88. The molecule has 1 unspecified atom stereocenters. The molecule has 0 amide bonds. The van der Waals surface area contributed by atoms with Gasteiger partial charge in [-0.15, -0.1) is 0 Å². The van der Waals surface area contributed by atoms with Gasteiger partial charge in [-0.1, -0.05) is 0 Å². The first-order valence-corrected chi connectivity index (χ1v) is 6.34. The molecule has 1 aliphatic heterocycles. The zero-order chi connectivity index (χ0) is 10.8. The van der Waals surface area contributed by atoms with Crippen LogP contribution < -0.4 is 10.0 Å². The van der Waals surface area contributed by atoms with Crippen molar-refractivity contribution in [1.82, 2.24) is 14.3 Å². The highest BCUT2D eigenvalue weighted by Crippen LogP contribution is 2.12. The van der Waals surface area contributed by atoms with Gasteiger partial charge in [0.05, 0.1) is 0 Å². The zero-order valence-corrected chi connectivity index (χ0v) is 9.76. The lowest BCUT2D eigenvalue weighted by molar-refractivity contribution is 0.448. The monoisotopic (exact) mass is 221 g/mol. The second-order valence-electron chi connectivity index (χ2n) is 3.91. The summed E-state index contributed by atoms with van der Waals surface area (Å²) in [7, 11) is -1.40. The highest BCUT2D eigenvalue weighted by molar-refractivity contribution is 7.87. The minimum absolute atomic E-state index is 0.0476. The van der Waals surface area contributed by atoms with Gasteiger partial charge in [-0.25, -0.2) is 0 Å².